The molecular weight excluding hydrogens is 280 g/mol. The number of hydrogen-bond acceptors (Lipinski definition) is 5. The maximum Gasteiger partial charge on any atom is 0.248 e. The standard InChI is InChI=1S/C12H20N4O3S/c1-2-5-15-6-10(11(13)14-15)20(18,19)16-7-12(17,8-16)9-3-4-9/h6,9,17H,2-5,7-8H2,1H3,(H2,13,14). The lowest BCUT2D eigenvalue weighted by atomic mass is 9.91. The van der Waals surface area contributed by atoms with Crippen molar-refractivity contribution in [3.8, 4) is 0 Å². The van der Waals surface area contributed by atoms with Crippen molar-refractivity contribution >= 4 is 15.8 Å². The van der Waals surface area contributed by atoms with Crippen molar-refractivity contribution in [1.82, 2.24) is 14.1 Å². The molecule has 2 aliphatic rings. The van der Waals surface area contributed by atoms with Crippen molar-refractivity contribution in [2.75, 3.05) is 18.8 Å². The summed E-state index contributed by atoms with van der Waals surface area (Å²) in [5, 5.41) is 14.2. The van der Waals surface area contributed by atoms with E-state index < -0.39 is 15.6 Å². The molecule has 0 bridgehead atoms. The van der Waals surface area contributed by atoms with Crippen molar-refractivity contribution in [3.63, 3.8) is 0 Å². The molecule has 20 heavy (non-hydrogen) atoms. The third kappa shape index (κ3) is 2.11. The Labute approximate surface area is 118 Å². The summed E-state index contributed by atoms with van der Waals surface area (Å²) in [7, 11) is -3.64. The number of nitrogen functional groups attached to an aromatic ring is 1. The molecule has 3 rings (SSSR count). The molecular formula is C12H20N4O3S. The largest absolute Gasteiger partial charge is 0.387 e. The molecule has 1 aliphatic heterocycles. The summed E-state index contributed by atoms with van der Waals surface area (Å²) < 4.78 is 27.8. The average Bonchev–Trinajstić information content (AvgIpc) is 3.11. The van der Waals surface area contributed by atoms with Gasteiger partial charge in [0.05, 0.1) is 5.60 Å². The number of rotatable bonds is 5. The first-order valence-corrected chi connectivity index (χ1v) is 8.36. The van der Waals surface area contributed by atoms with Crippen LogP contribution in [0.25, 0.3) is 0 Å². The van der Waals surface area contributed by atoms with Crippen LogP contribution in [0.15, 0.2) is 11.1 Å². The van der Waals surface area contributed by atoms with Crippen LogP contribution in [-0.2, 0) is 16.6 Å². The number of β-amino-alcohol motifs (C(OH)–C–C–N with tert-alkyl or cyclic N) is 1. The van der Waals surface area contributed by atoms with E-state index >= 15 is 0 Å². The Morgan fingerprint density at radius 2 is 2.15 bits per heavy atom. The van der Waals surface area contributed by atoms with Crippen LogP contribution in [0.2, 0.25) is 0 Å². The van der Waals surface area contributed by atoms with E-state index in [-0.39, 0.29) is 29.7 Å². The summed E-state index contributed by atoms with van der Waals surface area (Å²) in [5.41, 5.74) is 4.88. The monoisotopic (exact) mass is 300 g/mol. The molecule has 8 heteroatoms. The number of aromatic nitrogens is 2. The number of sulfonamides is 1. The van der Waals surface area contributed by atoms with E-state index in [1.165, 1.54) is 10.5 Å². The lowest BCUT2D eigenvalue weighted by Crippen LogP contribution is -2.64. The molecule has 1 saturated carbocycles. The molecule has 112 valence electrons. The van der Waals surface area contributed by atoms with Gasteiger partial charge in [0.15, 0.2) is 5.82 Å². The molecule has 0 aromatic carbocycles. The number of aliphatic hydroxyl groups is 1. The fraction of sp³-hybridized carbons (Fsp3) is 0.750. The van der Waals surface area contributed by atoms with Crippen LogP contribution >= 0.6 is 0 Å². The molecule has 7 nitrogen and oxygen atoms in total. The first-order chi connectivity index (χ1) is 9.37. The molecule has 0 atom stereocenters. The molecule has 1 saturated heterocycles. The van der Waals surface area contributed by atoms with E-state index in [9.17, 15) is 13.5 Å². The van der Waals surface area contributed by atoms with Gasteiger partial charge < -0.3 is 10.8 Å². The van der Waals surface area contributed by atoms with Crippen molar-refractivity contribution < 1.29 is 13.5 Å². The minimum absolute atomic E-state index is 0.0281. The molecule has 2 heterocycles. The highest BCUT2D eigenvalue weighted by Gasteiger charge is 2.55. The smallest absolute Gasteiger partial charge is 0.248 e. The number of anilines is 1. The second-order valence-electron chi connectivity index (χ2n) is 5.79. The van der Waals surface area contributed by atoms with E-state index in [1.807, 2.05) is 6.92 Å². The molecule has 0 amide bonds. The lowest BCUT2D eigenvalue weighted by Gasteiger charge is -2.45. The van der Waals surface area contributed by atoms with Crippen LogP contribution in [0, 0.1) is 5.92 Å². The van der Waals surface area contributed by atoms with Crippen molar-refractivity contribution in [3.05, 3.63) is 6.20 Å². The van der Waals surface area contributed by atoms with Crippen LogP contribution in [0.1, 0.15) is 26.2 Å². The molecule has 0 unspecified atom stereocenters. The molecule has 3 N–H and O–H groups in total. The first kappa shape index (κ1) is 13.8. The van der Waals surface area contributed by atoms with Crippen LogP contribution in [-0.4, -0.2) is 46.3 Å². The second-order valence-corrected chi connectivity index (χ2v) is 7.70. The van der Waals surface area contributed by atoms with Gasteiger partial charge in [-0.2, -0.15) is 9.40 Å². The fourth-order valence-electron chi connectivity index (χ4n) is 2.71. The summed E-state index contributed by atoms with van der Waals surface area (Å²) in [4.78, 5) is 0.0452. The van der Waals surface area contributed by atoms with Gasteiger partial charge in [-0.3, -0.25) is 4.68 Å². The van der Waals surface area contributed by atoms with Crippen molar-refractivity contribution in [2.24, 2.45) is 5.92 Å². The van der Waals surface area contributed by atoms with Crippen LogP contribution in [0.5, 0.6) is 0 Å². The Hall–Kier alpha value is -1.12. The summed E-state index contributed by atoms with van der Waals surface area (Å²) >= 11 is 0. The normalized spacial score (nSPS) is 22.7. The zero-order chi connectivity index (χ0) is 14.5. The van der Waals surface area contributed by atoms with E-state index in [2.05, 4.69) is 5.10 Å². The first-order valence-electron chi connectivity index (χ1n) is 6.92. The molecule has 1 aliphatic carbocycles. The van der Waals surface area contributed by atoms with E-state index in [4.69, 9.17) is 5.73 Å². The molecule has 1 aromatic heterocycles. The van der Waals surface area contributed by atoms with Gasteiger partial charge in [0, 0.05) is 25.8 Å². The Balaban J connectivity index is 1.79. The highest BCUT2D eigenvalue weighted by molar-refractivity contribution is 7.89. The molecule has 1 aromatic rings. The molecule has 0 spiro atoms. The summed E-state index contributed by atoms with van der Waals surface area (Å²) in [6.45, 7) is 2.94. The Bertz CT molecular complexity index is 615. The summed E-state index contributed by atoms with van der Waals surface area (Å²) in [5.74, 6) is 0.287. The van der Waals surface area contributed by atoms with Crippen LogP contribution in [0.4, 0.5) is 5.82 Å². The maximum atomic E-state index is 12.5. The highest BCUT2D eigenvalue weighted by atomic mass is 32.2. The quantitative estimate of drug-likeness (QED) is 0.798. The van der Waals surface area contributed by atoms with Crippen LogP contribution in [0.3, 0.4) is 0 Å². The van der Waals surface area contributed by atoms with E-state index in [0.29, 0.717) is 6.54 Å². The number of aryl methyl sites for hydroxylation is 1. The van der Waals surface area contributed by atoms with Gasteiger partial charge in [0.2, 0.25) is 10.0 Å². The topological polar surface area (TPSA) is 101 Å². The maximum absolute atomic E-state index is 12.5. The van der Waals surface area contributed by atoms with Gasteiger partial charge in [-0.1, -0.05) is 6.92 Å². The van der Waals surface area contributed by atoms with Gasteiger partial charge in [-0.05, 0) is 25.2 Å². The Kier molecular flexibility index (Phi) is 3.07. The summed E-state index contributed by atoms with van der Waals surface area (Å²) in [6, 6.07) is 0. The Morgan fingerprint density at radius 1 is 1.50 bits per heavy atom. The lowest BCUT2D eigenvalue weighted by molar-refractivity contribution is -0.0764. The third-order valence-corrected chi connectivity index (χ3v) is 5.87. The van der Waals surface area contributed by atoms with Gasteiger partial charge in [-0.15, -0.1) is 0 Å². The predicted octanol–water partition coefficient (Wildman–Crippen LogP) is 0.0207. The zero-order valence-corrected chi connectivity index (χ0v) is 12.3. The van der Waals surface area contributed by atoms with E-state index in [1.54, 1.807) is 4.68 Å². The number of nitrogens with zero attached hydrogens (tertiary/aromatic N) is 3. The van der Waals surface area contributed by atoms with Crippen molar-refractivity contribution in [1.29, 1.82) is 0 Å². The average molecular weight is 300 g/mol. The minimum atomic E-state index is -3.64. The highest BCUT2D eigenvalue weighted by Crippen LogP contribution is 2.46. The summed E-state index contributed by atoms with van der Waals surface area (Å²) in [6.07, 6.45) is 4.30. The van der Waals surface area contributed by atoms with E-state index in [0.717, 1.165) is 19.3 Å². The second kappa shape index (κ2) is 4.44. The number of nitrogens with two attached hydrogens (primary N) is 1. The van der Waals surface area contributed by atoms with Gasteiger partial charge in [0.1, 0.15) is 4.90 Å². The van der Waals surface area contributed by atoms with Gasteiger partial charge in [0.25, 0.3) is 0 Å². The molecule has 2 fully saturated rings. The van der Waals surface area contributed by atoms with Gasteiger partial charge >= 0.3 is 0 Å². The van der Waals surface area contributed by atoms with Gasteiger partial charge in [-0.25, -0.2) is 8.42 Å². The van der Waals surface area contributed by atoms with Crippen molar-refractivity contribution in [2.45, 2.75) is 43.2 Å². The predicted molar refractivity (Wildman–Crippen MR) is 73.4 cm³/mol. The van der Waals surface area contributed by atoms with Crippen LogP contribution < -0.4 is 5.73 Å². The minimum Gasteiger partial charge on any atom is -0.387 e. The fourth-order valence-corrected chi connectivity index (χ4v) is 4.34. The number of hydrogen-bond donors (Lipinski definition) is 2. The SMILES string of the molecule is CCCn1cc(S(=O)(=O)N2CC(O)(C3CC3)C2)c(N)n1. The molecule has 0 radical (unpaired) electrons. The Morgan fingerprint density at radius 3 is 2.70 bits per heavy atom. The third-order valence-electron chi connectivity index (χ3n) is 4.06. The zero-order valence-electron chi connectivity index (χ0n) is 11.5.